The summed E-state index contributed by atoms with van der Waals surface area (Å²) in [6.45, 7) is 4.99. The summed E-state index contributed by atoms with van der Waals surface area (Å²) >= 11 is 0. The van der Waals surface area contributed by atoms with Gasteiger partial charge in [-0.05, 0) is 24.0 Å². The molecule has 1 atom stereocenters. The van der Waals surface area contributed by atoms with Gasteiger partial charge in [-0.15, -0.1) is 5.92 Å². The van der Waals surface area contributed by atoms with Crippen molar-refractivity contribution in [2.45, 2.75) is 84.7 Å². The maximum Gasteiger partial charge on any atom is 0.306 e. The van der Waals surface area contributed by atoms with Gasteiger partial charge in [-0.25, -0.2) is 0 Å². The molecule has 0 aliphatic heterocycles. The first-order chi connectivity index (χ1) is 13.1. The molecule has 0 saturated carbocycles. The Morgan fingerprint density at radius 3 is 2.19 bits per heavy atom. The molecule has 1 aromatic carbocycles. The lowest BCUT2D eigenvalue weighted by molar-refractivity contribution is -0.141. The summed E-state index contributed by atoms with van der Waals surface area (Å²) in [7, 11) is 0. The predicted molar refractivity (Wildman–Crippen MR) is 112 cm³/mol. The molecule has 1 aromatic rings. The zero-order chi connectivity index (χ0) is 19.7. The maximum atomic E-state index is 10.9. The van der Waals surface area contributed by atoms with E-state index in [0.717, 1.165) is 17.5 Å². The number of benzene rings is 1. The lowest BCUT2D eigenvalue weighted by atomic mass is 10.0. The minimum absolute atomic E-state index is 0.358. The molecule has 1 N–H and O–H groups in total. The van der Waals surface area contributed by atoms with Crippen LogP contribution in [0, 0.1) is 17.8 Å². The number of unbranched alkanes of at least 4 members (excludes halogenated alkanes) is 8. The summed E-state index contributed by atoms with van der Waals surface area (Å²) in [5.74, 6) is 5.17. The number of carbonyl (C=O) groups is 1. The van der Waals surface area contributed by atoms with Crippen LogP contribution in [0.5, 0.6) is 0 Å². The van der Waals surface area contributed by atoms with E-state index in [9.17, 15) is 4.79 Å². The molecule has 27 heavy (non-hydrogen) atoms. The highest BCUT2D eigenvalue weighted by Gasteiger charge is 2.11. The van der Waals surface area contributed by atoms with Crippen molar-refractivity contribution in [3.05, 3.63) is 35.4 Å². The molecule has 3 heteroatoms. The van der Waals surface area contributed by atoms with E-state index in [4.69, 9.17) is 9.84 Å². The Balaban J connectivity index is 2.05. The van der Waals surface area contributed by atoms with Gasteiger partial charge >= 0.3 is 5.97 Å². The summed E-state index contributed by atoms with van der Waals surface area (Å²) in [6.07, 6.45) is 12.2. The van der Waals surface area contributed by atoms with Crippen LogP contribution < -0.4 is 0 Å². The van der Waals surface area contributed by atoms with E-state index in [-0.39, 0.29) is 5.92 Å². The molecule has 0 aliphatic carbocycles. The maximum absolute atomic E-state index is 10.9. The summed E-state index contributed by atoms with van der Waals surface area (Å²) in [5.41, 5.74) is 2.13. The molecule has 0 heterocycles. The lowest BCUT2D eigenvalue weighted by Gasteiger charge is -2.07. The van der Waals surface area contributed by atoms with Gasteiger partial charge in [-0.3, -0.25) is 4.79 Å². The molecule has 3 nitrogen and oxygen atoms in total. The normalized spacial score (nSPS) is 11.6. The van der Waals surface area contributed by atoms with Crippen LogP contribution in [0.4, 0.5) is 0 Å². The number of carboxylic acid groups (broad SMARTS) is 1. The summed E-state index contributed by atoms with van der Waals surface area (Å²) in [4.78, 5) is 10.9. The van der Waals surface area contributed by atoms with Crippen LogP contribution in [0.3, 0.4) is 0 Å². The van der Waals surface area contributed by atoms with Crippen molar-refractivity contribution < 1.29 is 14.6 Å². The number of carboxylic acids is 1. The fourth-order valence-corrected chi connectivity index (χ4v) is 2.92. The largest absolute Gasteiger partial charge is 0.481 e. The number of rotatable bonds is 14. The van der Waals surface area contributed by atoms with E-state index in [1.165, 1.54) is 51.4 Å². The van der Waals surface area contributed by atoms with Crippen molar-refractivity contribution in [3.8, 4) is 11.8 Å². The molecule has 150 valence electrons. The molecule has 0 aliphatic rings. The second kappa shape index (κ2) is 15.3. The second-order valence-electron chi connectivity index (χ2n) is 7.33. The van der Waals surface area contributed by atoms with E-state index < -0.39 is 5.97 Å². The molecule has 0 aromatic heterocycles. The molecule has 1 unspecified atom stereocenters. The summed E-state index contributed by atoms with van der Waals surface area (Å²) < 4.78 is 5.59. The Bertz CT molecular complexity index is 566. The van der Waals surface area contributed by atoms with Crippen LogP contribution in [0.15, 0.2) is 24.3 Å². The van der Waals surface area contributed by atoms with Crippen molar-refractivity contribution in [1.29, 1.82) is 0 Å². The van der Waals surface area contributed by atoms with Gasteiger partial charge in [0.05, 0.1) is 12.5 Å². The molecular formula is C24H36O3. The second-order valence-corrected chi connectivity index (χ2v) is 7.33. The van der Waals surface area contributed by atoms with Crippen molar-refractivity contribution in [2.24, 2.45) is 5.92 Å². The molecular weight excluding hydrogens is 336 g/mol. The highest BCUT2D eigenvalue weighted by atomic mass is 16.5. The predicted octanol–water partition coefficient (Wildman–Crippen LogP) is 6.00. The third kappa shape index (κ3) is 12.3. The van der Waals surface area contributed by atoms with E-state index in [1.54, 1.807) is 6.92 Å². The first-order valence-corrected chi connectivity index (χ1v) is 10.5. The Kier molecular flexibility index (Phi) is 13.2. The van der Waals surface area contributed by atoms with Gasteiger partial charge in [0.25, 0.3) is 0 Å². The Labute approximate surface area is 165 Å². The minimum atomic E-state index is -0.757. The van der Waals surface area contributed by atoms with Gasteiger partial charge in [-0.2, -0.15) is 0 Å². The monoisotopic (exact) mass is 372 g/mol. The number of hydrogen-bond acceptors (Lipinski definition) is 2. The SMILES string of the molecule is CCCCCCCCCCC#CCOCc1ccc(CC(C)C(=O)O)cc1. The van der Waals surface area contributed by atoms with Crippen molar-refractivity contribution in [3.63, 3.8) is 0 Å². The average molecular weight is 373 g/mol. The van der Waals surface area contributed by atoms with E-state index >= 15 is 0 Å². The van der Waals surface area contributed by atoms with Gasteiger partial charge in [0.15, 0.2) is 0 Å². The Morgan fingerprint density at radius 2 is 1.56 bits per heavy atom. The fourth-order valence-electron chi connectivity index (χ4n) is 2.92. The van der Waals surface area contributed by atoms with Crippen LogP contribution in [0.25, 0.3) is 0 Å². The smallest absolute Gasteiger partial charge is 0.306 e. The zero-order valence-electron chi connectivity index (χ0n) is 17.1. The van der Waals surface area contributed by atoms with Gasteiger partial charge in [0.1, 0.15) is 6.61 Å². The summed E-state index contributed by atoms with van der Waals surface area (Å²) in [5, 5.41) is 8.95. The van der Waals surface area contributed by atoms with Gasteiger partial charge in [0, 0.05) is 6.42 Å². The van der Waals surface area contributed by atoms with Crippen LogP contribution in [0.1, 0.15) is 82.8 Å². The van der Waals surface area contributed by atoms with Crippen molar-refractivity contribution >= 4 is 5.97 Å². The molecule has 0 saturated heterocycles. The molecule has 0 bridgehead atoms. The molecule has 0 fully saturated rings. The van der Waals surface area contributed by atoms with Crippen molar-refractivity contribution in [1.82, 2.24) is 0 Å². The first-order valence-electron chi connectivity index (χ1n) is 10.5. The quantitative estimate of drug-likeness (QED) is 0.322. The molecule has 0 radical (unpaired) electrons. The average Bonchev–Trinajstić information content (AvgIpc) is 2.66. The van der Waals surface area contributed by atoms with Crippen LogP contribution in [0.2, 0.25) is 0 Å². The first kappa shape index (κ1) is 23.2. The summed E-state index contributed by atoms with van der Waals surface area (Å²) in [6, 6.07) is 7.95. The topological polar surface area (TPSA) is 46.5 Å². The number of aliphatic carboxylic acids is 1. The van der Waals surface area contributed by atoms with Crippen LogP contribution >= 0.6 is 0 Å². The molecule has 0 amide bonds. The standard InChI is InChI=1S/C24H36O3/c1-3-4-5-6-7-8-9-10-11-12-13-18-27-20-23-16-14-22(15-17-23)19-21(2)24(25)26/h14-17,21H,3-11,18-20H2,1-2H3,(H,25,26). The number of ether oxygens (including phenoxy) is 1. The van der Waals surface area contributed by atoms with Gasteiger partial charge < -0.3 is 9.84 Å². The fraction of sp³-hybridized carbons (Fsp3) is 0.625. The highest BCUT2D eigenvalue weighted by molar-refractivity contribution is 5.69. The Hall–Kier alpha value is -1.79. The van der Waals surface area contributed by atoms with E-state index in [2.05, 4.69) is 18.8 Å². The Morgan fingerprint density at radius 1 is 0.963 bits per heavy atom. The molecule has 1 rings (SSSR count). The van der Waals surface area contributed by atoms with E-state index in [1.807, 2.05) is 24.3 Å². The van der Waals surface area contributed by atoms with E-state index in [0.29, 0.717) is 19.6 Å². The number of hydrogen-bond donors (Lipinski definition) is 1. The third-order valence-electron chi connectivity index (χ3n) is 4.71. The third-order valence-corrected chi connectivity index (χ3v) is 4.71. The molecule has 0 spiro atoms. The minimum Gasteiger partial charge on any atom is -0.481 e. The van der Waals surface area contributed by atoms with Crippen LogP contribution in [-0.4, -0.2) is 17.7 Å². The van der Waals surface area contributed by atoms with Crippen molar-refractivity contribution in [2.75, 3.05) is 6.61 Å². The van der Waals surface area contributed by atoms with Gasteiger partial charge in [-0.1, -0.05) is 89.0 Å². The van der Waals surface area contributed by atoms with Crippen LogP contribution in [-0.2, 0) is 22.6 Å². The van der Waals surface area contributed by atoms with Gasteiger partial charge in [0.2, 0.25) is 0 Å². The highest BCUT2D eigenvalue weighted by Crippen LogP contribution is 2.11. The lowest BCUT2D eigenvalue weighted by Crippen LogP contribution is -2.12. The zero-order valence-corrected chi connectivity index (χ0v) is 17.1.